The van der Waals surface area contributed by atoms with Gasteiger partial charge in [-0.05, 0) is 70.4 Å². The highest BCUT2D eigenvalue weighted by Crippen LogP contribution is 2.32. The third kappa shape index (κ3) is 5.91. The number of nitrogens with zero attached hydrogens (tertiary/aromatic N) is 1. The third-order valence-electron chi connectivity index (χ3n) is 6.57. The Labute approximate surface area is 168 Å². The lowest BCUT2D eigenvalue weighted by molar-refractivity contribution is -0.142. The highest BCUT2D eigenvalue weighted by atomic mass is 16.5. The van der Waals surface area contributed by atoms with E-state index in [1.54, 1.807) is 7.11 Å². The molecule has 0 aromatic carbocycles. The lowest BCUT2D eigenvalue weighted by Crippen LogP contribution is -2.52. The molecule has 2 heterocycles. The van der Waals surface area contributed by atoms with Crippen molar-refractivity contribution >= 4 is 11.8 Å². The van der Waals surface area contributed by atoms with Gasteiger partial charge in [0.15, 0.2) is 0 Å². The summed E-state index contributed by atoms with van der Waals surface area (Å²) >= 11 is 0. The van der Waals surface area contributed by atoms with Crippen molar-refractivity contribution in [2.75, 3.05) is 46.6 Å². The molecule has 160 valence electrons. The summed E-state index contributed by atoms with van der Waals surface area (Å²) in [7, 11) is 1.61. The van der Waals surface area contributed by atoms with E-state index in [1.165, 1.54) is 6.42 Å². The van der Waals surface area contributed by atoms with Gasteiger partial charge in [-0.15, -0.1) is 0 Å². The minimum absolute atomic E-state index is 0.0734. The van der Waals surface area contributed by atoms with Gasteiger partial charge in [-0.2, -0.15) is 0 Å². The van der Waals surface area contributed by atoms with Gasteiger partial charge in [0, 0.05) is 31.7 Å². The first kappa shape index (κ1) is 21.5. The van der Waals surface area contributed by atoms with E-state index < -0.39 is 0 Å². The number of methoxy groups -OCH3 is 1. The number of piperidine rings is 1. The summed E-state index contributed by atoms with van der Waals surface area (Å²) in [6, 6.07) is 0.594. The molecule has 0 aromatic rings. The van der Waals surface area contributed by atoms with E-state index in [2.05, 4.69) is 15.5 Å². The van der Waals surface area contributed by atoms with Crippen LogP contribution in [-0.4, -0.2) is 75.4 Å². The van der Waals surface area contributed by atoms with Crippen molar-refractivity contribution in [1.29, 1.82) is 0 Å². The molecule has 2 atom stereocenters. The molecular weight excluding hydrogens is 358 g/mol. The number of ether oxygens (including phenoxy) is 2. The Morgan fingerprint density at radius 2 is 1.89 bits per heavy atom. The Hall–Kier alpha value is -1.18. The van der Waals surface area contributed by atoms with Crippen LogP contribution in [0.3, 0.4) is 0 Å². The molecule has 2 aliphatic heterocycles. The SMILES string of the molecule is COCCOCC(=O)NC1CCC(C(=O)N2CCCC3CNCCCC32)CC1. The second-order valence-corrected chi connectivity index (χ2v) is 8.51. The maximum atomic E-state index is 13.2. The van der Waals surface area contributed by atoms with Gasteiger partial charge in [-0.25, -0.2) is 0 Å². The van der Waals surface area contributed by atoms with Crippen molar-refractivity contribution in [2.24, 2.45) is 11.8 Å². The maximum Gasteiger partial charge on any atom is 0.246 e. The van der Waals surface area contributed by atoms with Crippen molar-refractivity contribution in [3.8, 4) is 0 Å². The molecule has 0 aromatic heterocycles. The fourth-order valence-electron chi connectivity index (χ4n) is 5.06. The van der Waals surface area contributed by atoms with Gasteiger partial charge in [-0.3, -0.25) is 9.59 Å². The molecule has 2 saturated heterocycles. The quantitative estimate of drug-likeness (QED) is 0.636. The minimum atomic E-state index is -0.0734. The van der Waals surface area contributed by atoms with E-state index in [9.17, 15) is 9.59 Å². The van der Waals surface area contributed by atoms with Crippen LogP contribution in [0.15, 0.2) is 0 Å². The summed E-state index contributed by atoms with van der Waals surface area (Å²) in [5, 5.41) is 6.59. The van der Waals surface area contributed by atoms with E-state index in [4.69, 9.17) is 9.47 Å². The van der Waals surface area contributed by atoms with Crippen LogP contribution >= 0.6 is 0 Å². The molecule has 2 unspecified atom stereocenters. The molecule has 2 amide bonds. The van der Waals surface area contributed by atoms with Gasteiger partial charge in [0.25, 0.3) is 0 Å². The van der Waals surface area contributed by atoms with E-state index >= 15 is 0 Å². The van der Waals surface area contributed by atoms with Crippen molar-refractivity contribution in [3.63, 3.8) is 0 Å². The van der Waals surface area contributed by atoms with Gasteiger partial charge >= 0.3 is 0 Å². The van der Waals surface area contributed by atoms with Crippen LogP contribution in [0.4, 0.5) is 0 Å². The summed E-state index contributed by atoms with van der Waals surface area (Å²) < 4.78 is 10.2. The predicted molar refractivity (Wildman–Crippen MR) is 107 cm³/mol. The van der Waals surface area contributed by atoms with Crippen LogP contribution in [0.25, 0.3) is 0 Å². The van der Waals surface area contributed by atoms with Crippen LogP contribution in [0.5, 0.6) is 0 Å². The van der Waals surface area contributed by atoms with Crippen LogP contribution in [0.2, 0.25) is 0 Å². The molecule has 7 heteroatoms. The van der Waals surface area contributed by atoms with Crippen LogP contribution in [0.1, 0.15) is 51.4 Å². The first-order chi connectivity index (χ1) is 13.7. The van der Waals surface area contributed by atoms with Crippen LogP contribution < -0.4 is 10.6 Å². The zero-order chi connectivity index (χ0) is 19.8. The number of nitrogens with one attached hydrogen (secondary N) is 2. The Kier molecular flexibility index (Phi) is 8.55. The van der Waals surface area contributed by atoms with E-state index in [1.807, 2.05) is 0 Å². The van der Waals surface area contributed by atoms with Crippen LogP contribution in [0, 0.1) is 11.8 Å². The summed E-state index contributed by atoms with van der Waals surface area (Å²) in [4.78, 5) is 27.4. The molecule has 3 fully saturated rings. The van der Waals surface area contributed by atoms with Crippen molar-refractivity contribution in [2.45, 2.75) is 63.5 Å². The fourth-order valence-corrected chi connectivity index (χ4v) is 5.06. The number of carbonyl (C=O) groups excluding carboxylic acids is 2. The number of fused-ring (bicyclic) bond motifs is 1. The number of hydrogen-bond donors (Lipinski definition) is 2. The molecule has 1 aliphatic carbocycles. The highest BCUT2D eigenvalue weighted by molar-refractivity contribution is 5.80. The molecule has 28 heavy (non-hydrogen) atoms. The largest absolute Gasteiger partial charge is 0.382 e. The molecule has 0 bridgehead atoms. The lowest BCUT2D eigenvalue weighted by Gasteiger charge is -2.43. The maximum absolute atomic E-state index is 13.2. The molecule has 0 radical (unpaired) electrons. The van der Waals surface area contributed by atoms with E-state index in [-0.39, 0.29) is 24.5 Å². The molecule has 3 rings (SSSR count). The number of likely N-dealkylation sites (tertiary alicyclic amines) is 1. The fraction of sp³-hybridized carbons (Fsp3) is 0.905. The molecular formula is C21H37N3O4. The smallest absolute Gasteiger partial charge is 0.246 e. The number of amides is 2. The first-order valence-corrected chi connectivity index (χ1v) is 11.1. The van der Waals surface area contributed by atoms with Gasteiger partial charge in [0.2, 0.25) is 11.8 Å². The van der Waals surface area contributed by atoms with Crippen molar-refractivity contribution in [1.82, 2.24) is 15.5 Å². The van der Waals surface area contributed by atoms with Crippen molar-refractivity contribution < 1.29 is 19.1 Å². The summed E-state index contributed by atoms with van der Waals surface area (Å²) in [5.41, 5.74) is 0. The summed E-state index contributed by atoms with van der Waals surface area (Å²) in [6.45, 7) is 4.06. The topological polar surface area (TPSA) is 79.9 Å². The second-order valence-electron chi connectivity index (χ2n) is 8.51. The third-order valence-corrected chi connectivity index (χ3v) is 6.57. The standard InChI is InChI=1S/C21H37N3O4/c1-27-12-13-28-15-20(25)23-18-8-6-16(7-9-18)21(26)24-11-3-4-17-14-22-10-2-5-19(17)24/h16-19,22H,2-15H2,1H3,(H,23,25). The summed E-state index contributed by atoms with van der Waals surface area (Å²) in [6.07, 6.45) is 8.18. The molecule has 2 N–H and O–H groups in total. The monoisotopic (exact) mass is 395 g/mol. The Morgan fingerprint density at radius 1 is 1.07 bits per heavy atom. The zero-order valence-corrected chi connectivity index (χ0v) is 17.3. The molecule has 7 nitrogen and oxygen atoms in total. The van der Waals surface area contributed by atoms with Gasteiger partial charge in [0.05, 0.1) is 13.2 Å². The summed E-state index contributed by atoms with van der Waals surface area (Å²) in [5.74, 6) is 1.04. The highest BCUT2D eigenvalue weighted by Gasteiger charge is 2.38. The first-order valence-electron chi connectivity index (χ1n) is 11.1. The normalized spacial score (nSPS) is 31.0. The Balaban J connectivity index is 1.42. The molecule has 1 saturated carbocycles. The van der Waals surface area contributed by atoms with Crippen molar-refractivity contribution in [3.05, 3.63) is 0 Å². The van der Waals surface area contributed by atoms with Gasteiger partial charge < -0.3 is 25.0 Å². The average molecular weight is 396 g/mol. The lowest BCUT2D eigenvalue weighted by atomic mass is 9.82. The van der Waals surface area contributed by atoms with E-state index in [0.29, 0.717) is 31.1 Å². The number of hydrogen-bond acceptors (Lipinski definition) is 5. The minimum Gasteiger partial charge on any atom is -0.382 e. The zero-order valence-electron chi connectivity index (χ0n) is 17.3. The van der Waals surface area contributed by atoms with Gasteiger partial charge in [-0.1, -0.05) is 0 Å². The number of carbonyl (C=O) groups is 2. The number of rotatable bonds is 7. The Bertz CT molecular complexity index is 508. The van der Waals surface area contributed by atoms with Crippen LogP contribution in [-0.2, 0) is 19.1 Å². The average Bonchev–Trinajstić information content (AvgIpc) is 2.97. The predicted octanol–water partition coefficient (Wildman–Crippen LogP) is 1.32. The van der Waals surface area contributed by atoms with Gasteiger partial charge in [0.1, 0.15) is 6.61 Å². The second kappa shape index (κ2) is 11.1. The Morgan fingerprint density at radius 3 is 2.68 bits per heavy atom. The molecule has 0 spiro atoms. The van der Waals surface area contributed by atoms with E-state index in [0.717, 1.165) is 64.6 Å². The molecule has 3 aliphatic rings.